The van der Waals surface area contributed by atoms with E-state index < -0.39 is 78.1 Å². The van der Waals surface area contributed by atoms with Crippen LogP contribution in [0.3, 0.4) is 0 Å². The summed E-state index contributed by atoms with van der Waals surface area (Å²) in [6.45, 7) is 3.85. The minimum absolute atomic E-state index is 0.0433. The summed E-state index contributed by atoms with van der Waals surface area (Å²) >= 11 is 0. The summed E-state index contributed by atoms with van der Waals surface area (Å²) < 4.78 is 0. The van der Waals surface area contributed by atoms with Gasteiger partial charge >= 0.3 is 11.9 Å². The molecule has 0 fully saturated rings. The number of carbonyl (C=O) groups is 6. The van der Waals surface area contributed by atoms with Crippen LogP contribution in [-0.4, -0.2) is 100 Å². The minimum Gasteiger partial charge on any atom is -0.481 e. The number of carboxylic acids is 2. The van der Waals surface area contributed by atoms with Gasteiger partial charge in [0.15, 0.2) is 5.96 Å². The second kappa shape index (κ2) is 21.1. The number of rotatable bonds is 23. The fourth-order valence-corrected chi connectivity index (χ4v) is 5.27. The van der Waals surface area contributed by atoms with Gasteiger partial charge in [-0.05, 0) is 62.6 Å². The lowest BCUT2D eigenvalue weighted by Crippen LogP contribution is -2.59. The minimum atomic E-state index is -1.42. The molecular weight excluding hydrogens is 664 g/mol. The summed E-state index contributed by atoms with van der Waals surface area (Å²) in [7, 11) is 0. The van der Waals surface area contributed by atoms with E-state index in [9.17, 15) is 39.0 Å². The number of benzene rings is 1. The van der Waals surface area contributed by atoms with Gasteiger partial charge in [-0.25, -0.2) is 4.79 Å². The number of nitrogens with one attached hydrogen (secondary N) is 5. The highest BCUT2D eigenvalue weighted by atomic mass is 16.4. The first-order chi connectivity index (χ1) is 24.1. The third kappa shape index (κ3) is 14.3. The zero-order valence-electron chi connectivity index (χ0n) is 29.0. The fourth-order valence-electron chi connectivity index (χ4n) is 5.27. The van der Waals surface area contributed by atoms with Crippen molar-refractivity contribution in [3.05, 3.63) is 36.0 Å². The molecule has 5 atom stereocenters. The first kappa shape index (κ1) is 41.9. The Balaban J connectivity index is 2.19. The Kier molecular flexibility index (Phi) is 17.3. The van der Waals surface area contributed by atoms with Gasteiger partial charge in [-0.15, -0.1) is 0 Å². The number of unbranched alkanes of at least 4 members (excludes halogenated alkanes) is 1. The quantitative estimate of drug-likeness (QED) is 0.0366. The number of H-pyrrole nitrogens is 1. The molecule has 282 valence electrons. The molecule has 0 radical (unpaired) electrons. The maximum absolute atomic E-state index is 13.6. The van der Waals surface area contributed by atoms with Crippen LogP contribution in [0.25, 0.3) is 10.9 Å². The molecule has 1 aromatic carbocycles. The number of hydrogen-bond acceptors (Lipinski definition) is 9. The number of nitrogens with zero attached hydrogens (tertiary/aromatic N) is 1. The van der Waals surface area contributed by atoms with Crippen LogP contribution in [0.2, 0.25) is 0 Å². The van der Waals surface area contributed by atoms with Crippen LogP contribution in [0.15, 0.2) is 35.5 Å². The van der Waals surface area contributed by atoms with Crippen molar-refractivity contribution in [2.75, 3.05) is 13.1 Å². The average molecular weight is 717 g/mol. The van der Waals surface area contributed by atoms with E-state index in [1.165, 1.54) is 0 Å². The third-order valence-corrected chi connectivity index (χ3v) is 8.12. The molecule has 0 aliphatic carbocycles. The predicted molar refractivity (Wildman–Crippen MR) is 190 cm³/mol. The number of carboxylic acid groups (broad SMARTS) is 2. The van der Waals surface area contributed by atoms with Gasteiger partial charge in [-0.1, -0.05) is 32.0 Å². The Morgan fingerprint density at radius 2 is 1.43 bits per heavy atom. The summed E-state index contributed by atoms with van der Waals surface area (Å²) in [5, 5.41) is 30.2. The molecule has 0 saturated heterocycles. The molecule has 4 amide bonds. The van der Waals surface area contributed by atoms with Crippen LogP contribution < -0.4 is 44.2 Å². The summed E-state index contributed by atoms with van der Waals surface area (Å²) in [5.41, 5.74) is 23.7. The van der Waals surface area contributed by atoms with Crippen molar-refractivity contribution in [3.8, 4) is 0 Å². The van der Waals surface area contributed by atoms with Gasteiger partial charge in [0.05, 0.1) is 6.04 Å². The zero-order valence-corrected chi connectivity index (χ0v) is 29.0. The lowest BCUT2D eigenvalue weighted by molar-refractivity contribution is -0.142. The second-order valence-electron chi connectivity index (χ2n) is 12.6. The van der Waals surface area contributed by atoms with Gasteiger partial charge in [0.1, 0.15) is 24.2 Å². The van der Waals surface area contributed by atoms with Crippen LogP contribution >= 0.6 is 0 Å². The number of nitrogens with two attached hydrogens (primary N) is 4. The van der Waals surface area contributed by atoms with Crippen LogP contribution in [0.4, 0.5) is 0 Å². The average Bonchev–Trinajstić information content (AvgIpc) is 3.48. The smallest absolute Gasteiger partial charge is 0.326 e. The molecule has 0 saturated carbocycles. The zero-order chi connectivity index (χ0) is 38.1. The molecule has 5 unspecified atom stereocenters. The van der Waals surface area contributed by atoms with Crippen molar-refractivity contribution in [2.24, 2.45) is 33.8 Å². The SMILES string of the molecule is CC(C)C(NC(=O)C(CCC(=O)O)NC(=O)C(CCCCN)NC(=O)C(N)CCCN=C(N)N)C(=O)NC(Cc1c[nH]c2ccccc12)C(=O)O. The molecule has 18 heteroatoms. The van der Waals surface area contributed by atoms with E-state index in [2.05, 4.69) is 31.2 Å². The molecule has 0 aliphatic heterocycles. The van der Waals surface area contributed by atoms with Gasteiger partial charge < -0.3 is 59.4 Å². The maximum atomic E-state index is 13.6. The number of carbonyl (C=O) groups excluding carboxylic acids is 4. The first-order valence-corrected chi connectivity index (χ1v) is 16.9. The Labute approximate surface area is 295 Å². The largest absolute Gasteiger partial charge is 0.481 e. The number of aliphatic imine (C=N–C) groups is 1. The van der Waals surface area contributed by atoms with Crippen LogP contribution in [0, 0.1) is 5.92 Å². The lowest BCUT2D eigenvalue weighted by Gasteiger charge is -2.28. The van der Waals surface area contributed by atoms with E-state index in [4.69, 9.17) is 22.9 Å². The van der Waals surface area contributed by atoms with Crippen molar-refractivity contribution >= 4 is 52.4 Å². The van der Waals surface area contributed by atoms with E-state index in [1.54, 1.807) is 20.0 Å². The Hall–Kier alpha value is -5.23. The Morgan fingerprint density at radius 1 is 0.804 bits per heavy atom. The fraction of sp³-hybridized carbons (Fsp3) is 0.545. The highest BCUT2D eigenvalue weighted by Crippen LogP contribution is 2.19. The van der Waals surface area contributed by atoms with Gasteiger partial charge in [-0.3, -0.25) is 29.0 Å². The number of amides is 4. The summed E-state index contributed by atoms with van der Waals surface area (Å²) in [6, 6.07) is 1.15. The molecule has 2 aromatic rings. The van der Waals surface area contributed by atoms with E-state index >= 15 is 0 Å². The van der Waals surface area contributed by atoms with Crippen molar-refractivity contribution in [2.45, 2.75) is 95.4 Å². The van der Waals surface area contributed by atoms with E-state index in [0.29, 0.717) is 31.4 Å². The number of hydrogen-bond donors (Lipinski definition) is 11. The van der Waals surface area contributed by atoms with Crippen molar-refractivity contribution < 1.29 is 39.0 Å². The Morgan fingerprint density at radius 3 is 2.06 bits per heavy atom. The standard InChI is InChI=1S/C33H52N10O8/c1-18(2)27(31(49)42-25(32(50)51)16-19-17-39-22-10-4-3-8-20(19)22)43-30(48)24(12-13-26(44)45)41-29(47)23(11-5-6-14-34)40-28(46)21(35)9-7-15-38-33(36)37/h3-4,8,10,17-18,21,23-25,27,39H,5-7,9,11-16,34-35H2,1-2H3,(H,40,46)(H,41,47)(H,42,49)(H,43,48)(H,44,45)(H,50,51)(H4,36,37,38). The normalized spacial score (nSPS) is 14.1. The predicted octanol–water partition coefficient (Wildman–Crippen LogP) is -1.24. The summed E-state index contributed by atoms with van der Waals surface area (Å²) in [5.74, 6) is -6.21. The van der Waals surface area contributed by atoms with Crippen LogP contribution in [0.5, 0.6) is 0 Å². The number of aromatic nitrogens is 1. The number of aromatic amines is 1. The molecule has 1 heterocycles. The lowest BCUT2D eigenvalue weighted by atomic mass is 10.00. The highest BCUT2D eigenvalue weighted by molar-refractivity contribution is 5.96. The van der Waals surface area contributed by atoms with Gasteiger partial charge in [0.25, 0.3) is 0 Å². The molecule has 18 nitrogen and oxygen atoms in total. The molecule has 15 N–H and O–H groups in total. The van der Waals surface area contributed by atoms with E-state index in [1.807, 2.05) is 24.3 Å². The molecule has 2 rings (SSSR count). The number of guanidine groups is 1. The Bertz CT molecular complexity index is 1520. The van der Waals surface area contributed by atoms with Gasteiger partial charge in [-0.2, -0.15) is 0 Å². The van der Waals surface area contributed by atoms with Crippen LogP contribution in [-0.2, 0) is 35.2 Å². The topological polar surface area (TPSA) is 323 Å². The number of para-hydroxylation sites is 1. The molecule has 1 aromatic heterocycles. The monoisotopic (exact) mass is 716 g/mol. The molecule has 51 heavy (non-hydrogen) atoms. The molecule has 0 aliphatic rings. The van der Waals surface area contributed by atoms with Crippen molar-refractivity contribution in [1.82, 2.24) is 26.3 Å². The van der Waals surface area contributed by atoms with Gasteiger partial charge in [0, 0.05) is 36.5 Å². The number of aliphatic carboxylic acids is 2. The van der Waals surface area contributed by atoms with Crippen molar-refractivity contribution in [3.63, 3.8) is 0 Å². The number of fused-ring (bicyclic) bond motifs is 1. The maximum Gasteiger partial charge on any atom is 0.326 e. The highest BCUT2D eigenvalue weighted by Gasteiger charge is 2.33. The molecule has 0 bridgehead atoms. The third-order valence-electron chi connectivity index (χ3n) is 8.12. The molecule has 0 spiro atoms. The van der Waals surface area contributed by atoms with Crippen LogP contribution in [0.1, 0.15) is 64.4 Å². The van der Waals surface area contributed by atoms with Crippen molar-refractivity contribution in [1.29, 1.82) is 0 Å². The van der Waals surface area contributed by atoms with E-state index in [0.717, 1.165) is 10.9 Å². The second-order valence-corrected chi connectivity index (χ2v) is 12.6. The summed E-state index contributed by atoms with van der Waals surface area (Å²) in [4.78, 5) is 83.9. The van der Waals surface area contributed by atoms with E-state index in [-0.39, 0.29) is 38.2 Å². The first-order valence-electron chi connectivity index (χ1n) is 16.9. The molecular formula is C33H52N10O8. The summed E-state index contributed by atoms with van der Waals surface area (Å²) in [6.07, 6.45) is 2.51. The van der Waals surface area contributed by atoms with Gasteiger partial charge in [0.2, 0.25) is 23.6 Å².